The van der Waals surface area contributed by atoms with Crippen LogP contribution in [0.25, 0.3) is 0 Å². The molecule has 26 heavy (non-hydrogen) atoms. The van der Waals surface area contributed by atoms with Gasteiger partial charge in [0.2, 0.25) is 0 Å². The highest BCUT2D eigenvalue weighted by Gasteiger charge is 2.37. The molecule has 0 bridgehead atoms. The third-order valence-corrected chi connectivity index (χ3v) is 4.98. The Hall–Kier alpha value is -2.33. The van der Waals surface area contributed by atoms with Gasteiger partial charge in [-0.3, -0.25) is 9.69 Å². The molecule has 1 saturated heterocycles. The van der Waals surface area contributed by atoms with Crippen LogP contribution >= 0.6 is 0 Å². The van der Waals surface area contributed by atoms with Crippen LogP contribution in [0.2, 0.25) is 0 Å². The number of carboxylic acid groups (broad SMARTS) is 1. The van der Waals surface area contributed by atoms with Crippen LogP contribution in [-0.4, -0.2) is 35.2 Å². The molecule has 0 amide bonds. The maximum Gasteiger partial charge on any atom is 0.320 e. The van der Waals surface area contributed by atoms with E-state index < -0.39 is 12.0 Å². The van der Waals surface area contributed by atoms with Crippen LogP contribution in [0, 0.1) is 13.8 Å². The third kappa shape index (κ3) is 3.75. The smallest absolute Gasteiger partial charge is 0.320 e. The number of rotatable bonds is 6. The predicted molar refractivity (Wildman–Crippen MR) is 103 cm³/mol. The Morgan fingerprint density at radius 2 is 1.92 bits per heavy atom. The van der Waals surface area contributed by atoms with Gasteiger partial charge in [0, 0.05) is 12.1 Å². The van der Waals surface area contributed by atoms with Gasteiger partial charge in [-0.05, 0) is 45.2 Å². The van der Waals surface area contributed by atoms with Crippen LogP contribution in [0.3, 0.4) is 0 Å². The van der Waals surface area contributed by atoms with Gasteiger partial charge in [-0.15, -0.1) is 0 Å². The Balaban J connectivity index is 2.15. The summed E-state index contributed by atoms with van der Waals surface area (Å²) in [6.45, 7) is 7.49. The van der Waals surface area contributed by atoms with Crippen molar-refractivity contribution in [3.05, 3.63) is 64.7 Å². The SMILES string of the molecule is CCOc1ccccc1C(c1cc(C)cc(C)c1)N1CCCC1C(=O)O. The lowest BCUT2D eigenvalue weighted by Crippen LogP contribution is -2.39. The summed E-state index contributed by atoms with van der Waals surface area (Å²) in [5.74, 6) is 0.0842. The minimum atomic E-state index is -0.745. The highest BCUT2D eigenvalue weighted by Crippen LogP contribution is 2.39. The molecule has 2 aromatic carbocycles. The Morgan fingerprint density at radius 3 is 2.58 bits per heavy atom. The zero-order valence-electron chi connectivity index (χ0n) is 15.7. The molecular formula is C22H27NO3. The molecule has 1 N–H and O–H groups in total. The second kappa shape index (κ2) is 7.92. The van der Waals surface area contributed by atoms with Gasteiger partial charge in [-0.1, -0.05) is 47.5 Å². The van der Waals surface area contributed by atoms with E-state index in [1.807, 2.05) is 25.1 Å². The molecule has 0 radical (unpaired) electrons. The van der Waals surface area contributed by atoms with Gasteiger partial charge >= 0.3 is 5.97 Å². The first kappa shape index (κ1) is 18.5. The number of aryl methyl sites for hydroxylation is 2. The fraction of sp³-hybridized carbons (Fsp3) is 0.409. The standard InChI is InChI=1S/C22H27NO3/c1-4-26-20-10-6-5-8-18(20)21(17-13-15(2)12-16(3)14-17)23-11-7-9-19(23)22(24)25/h5-6,8,10,12-14,19,21H,4,7,9,11H2,1-3H3,(H,24,25). The van der Waals surface area contributed by atoms with Crippen molar-refractivity contribution >= 4 is 5.97 Å². The van der Waals surface area contributed by atoms with Gasteiger partial charge < -0.3 is 9.84 Å². The van der Waals surface area contributed by atoms with Gasteiger partial charge in [0.15, 0.2) is 0 Å². The molecule has 0 saturated carbocycles. The fourth-order valence-corrected chi connectivity index (χ4v) is 4.07. The lowest BCUT2D eigenvalue weighted by atomic mass is 9.93. The summed E-state index contributed by atoms with van der Waals surface area (Å²) in [7, 11) is 0. The Bertz CT molecular complexity index is 766. The first-order chi connectivity index (χ1) is 12.5. The second-order valence-corrected chi connectivity index (χ2v) is 7.03. The quantitative estimate of drug-likeness (QED) is 0.839. The number of para-hydroxylation sites is 1. The van der Waals surface area contributed by atoms with Crippen LogP contribution in [0.4, 0.5) is 0 Å². The third-order valence-electron chi connectivity index (χ3n) is 4.98. The van der Waals surface area contributed by atoms with Gasteiger partial charge in [0.1, 0.15) is 11.8 Å². The molecule has 0 aromatic heterocycles. The van der Waals surface area contributed by atoms with Gasteiger partial charge in [-0.2, -0.15) is 0 Å². The highest BCUT2D eigenvalue weighted by molar-refractivity contribution is 5.74. The van der Waals surface area contributed by atoms with Gasteiger partial charge in [0.05, 0.1) is 12.6 Å². The summed E-state index contributed by atoms with van der Waals surface area (Å²) in [4.78, 5) is 14.0. The van der Waals surface area contributed by atoms with Crippen molar-refractivity contribution in [1.82, 2.24) is 4.90 Å². The molecule has 1 heterocycles. The zero-order valence-corrected chi connectivity index (χ0v) is 15.7. The number of hydrogen-bond acceptors (Lipinski definition) is 3. The van der Waals surface area contributed by atoms with Crippen LogP contribution < -0.4 is 4.74 Å². The predicted octanol–water partition coefficient (Wildman–Crippen LogP) is 4.34. The molecule has 1 fully saturated rings. The summed E-state index contributed by atoms with van der Waals surface area (Å²) in [5, 5.41) is 9.74. The number of likely N-dealkylation sites (tertiary alicyclic amines) is 1. The fourth-order valence-electron chi connectivity index (χ4n) is 4.07. The lowest BCUT2D eigenvalue weighted by molar-refractivity contribution is -0.142. The minimum Gasteiger partial charge on any atom is -0.494 e. The summed E-state index contributed by atoms with van der Waals surface area (Å²) < 4.78 is 5.88. The number of carbonyl (C=O) groups is 1. The van der Waals surface area contributed by atoms with Crippen molar-refractivity contribution < 1.29 is 14.6 Å². The molecule has 0 spiro atoms. The highest BCUT2D eigenvalue weighted by atomic mass is 16.5. The van der Waals surface area contributed by atoms with Crippen molar-refractivity contribution in [3.63, 3.8) is 0 Å². The average molecular weight is 353 g/mol. The van der Waals surface area contributed by atoms with Gasteiger partial charge in [-0.25, -0.2) is 0 Å². The normalized spacial score (nSPS) is 18.7. The Labute approximate surface area is 155 Å². The number of carboxylic acids is 1. The molecule has 2 unspecified atom stereocenters. The maximum atomic E-state index is 11.9. The topological polar surface area (TPSA) is 49.8 Å². The number of nitrogens with zero attached hydrogens (tertiary/aromatic N) is 1. The van der Waals surface area contributed by atoms with E-state index in [0.717, 1.165) is 29.8 Å². The van der Waals surface area contributed by atoms with Crippen LogP contribution in [-0.2, 0) is 4.79 Å². The van der Waals surface area contributed by atoms with E-state index in [1.165, 1.54) is 11.1 Å². The van der Waals surface area contributed by atoms with Crippen LogP contribution in [0.1, 0.15) is 48.1 Å². The first-order valence-electron chi connectivity index (χ1n) is 9.29. The maximum absolute atomic E-state index is 11.9. The van der Waals surface area contributed by atoms with Crippen molar-refractivity contribution in [1.29, 1.82) is 0 Å². The molecule has 1 aliphatic rings. The van der Waals surface area contributed by atoms with Gasteiger partial charge in [0.25, 0.3) is 0 Å². The van der Waals surface area contributed by atoms with E-state index in [4.69, 9.17) is 4.74 Å². The van der Waals surface area contributed by atoms with Crippen molar-refractivity contribution in [2.75, 3.05) is 13.2 Å². The lowest BCUT2D eigenvalue weighted by Gasteiger charge is -2.33. The molecule has 0 aliphatic carbocycles. The summed E-state index contributed by atoms with van der Waals surface area (Å²) in [6.07, 6.45) is 1.59. The molecule has 1 aliphatic heterocycles. The molecule has 4 heteroatoms. The van der Waals surface area contributed by atoms with E-state index in [0.29, 0.717) is 13.0 Å². The molecule has 2 atom stereocenters. The molecule has 4 nitrogen and oxygen atoms in total. The van der Waals surface area contributed by atoms with Crippen molar-refractivity contribution in [2.24, 2.45) is 0 Å². The van der Waals surface area contributed by atoms with Crippen molar-refractivity contribution in [2.45, 2.75) is 45.7 Å². The van der Waals surface area contributed by atoms with E-state index in [9.17, 15) is 9.90 Å². The number of hydrogen-bond donors (Lipinski definition) is 1. The first-order valence-corrected chi connectivity index (χ1v) is 9.29. The number of benzene rings is 2. The molecule has 138 valence electrons. The van der Waals surface area contributed by atoms with E-state index >= 15 is 0 Å². The van der Waals surface area contributed by atoms with Crippen LogP contribution in [0.15, 0.2) is 42.5 Å². The number of ether oxygens (including phenoxy) is 1. The summed E-state index contributed by atoms with van der Waals surface area (Å²) >= 11 is 0. The summed E-state index contributed by atoms with van der Waals surface area (Å²) in [5.41, 5.74) is 4.53. The monoisotopic (exact) mass is 353 g/mol. The molecular weight excluding hydrogens is 326 g/mol. The average Bonchev–Trinajstić information content (AvgIpc) is 3.05. The van der Waals surface area contributed by atoms with E-state index in [1.54, 1.807) is 0 Å². The minimum absolute atomic E-state index is 0.125. The van der Waals surface area contributed by atoms with E-state index in [-0.39, 0.29) is 6.04 Å². The molecule has 2 aromatic rings. The number of aliphatic carboxylic acids is 1. The van der Waals surface area contributed by atoms with Crippen LogP contribution in [0.5, 0.6) is 5.75 Å². The zero-order chi connectivity index (χ0) is 18.7. The Kier molecular flexibility index (Phi) is 5.62. The van der Waals surface area contributed by atoms with E-state index in [2.05, 4.69) is 43.0 Å². The largest absolute Gasteiger partial charge is 0.494 e. The Morgan fingerprint density at radius 1 is 1.23 bits per heavy atom. The van der Waals surface area contributed by atoms with Crippen molar-refractivity contribution in [3.8, 4) is 5.75 Å². The summed E-state index contributed by atoms with van der Waals surface area (Å²) in [6, 6.07) is 13.9. The second-order valence-electron chi connectivity index (χ2n) is 7.03. The molecule has 3 rings (SSSR count).